The van der Waals surface area contributed by atoms with Crippen LogP contribution in [0.1, 0.15) is 26.2 Å². The van der Waals surface area contributed by atoms with E-state index in [0.29, 0.717) is 0 Å². The van der Waals surface area contributed by atoms with Gasteiger partial charge < -0.3 is 15.5 Å². The molecule has 77 valence electrons. The van der Waals surface area contributed by atoms with E-state index < -0.39 is 0 Å². The number of hydrogen-bond acceptors (Lipinski definition) is 3. The maximum atomic E-state index is 5.35. The summed E-state index contributed by atoms with van der Waals surface area (Å²) in [4.78, 5) is 0. The first-order valence-electron chi connectivity index (χ1n) is 5.00. The lowest BCUT2D eigenvalue weighted by Gasteiger charge is -2.10. The van der Waals surface area contributed by atoms with E-state index in [4.69, 9.17) is 10.2 Å². The smallest absolute Gasteiger partial charge is 0.246 e. The highest BCUT2D eigenvalue weighted by Crippen LogP contribution is 2.08. The summed E-state index contributed by atoms with van der Waals surface area (Å²) < 4.78 is 4.83. The van der Waals surface area contributed by atoms with Gasteiger partial charge in [0.15, 0.2) is 0 Å². The van der Waals surface area contributed by atoms with Gasteiger partial charge in [-0.15, -0.1) is 0 Å². The number of hydrogen-bond donors (Lipinski definition) is 2. The molecule has 1 unspecified atom stereocenters. The highest BCUT2D eigenvalue weighted by molar-refractivity contribution is 5.97. The maximum Gasteiger partial charge on any atom is 0.246 e. The van der Waals surface area contributed by atoms with E-state index in [1.165, 1.54) is 12.8 Å². The van der Waals surface area contributed by atoms with Crippen molar-refractivity contribution in [2.24, 2.45) is 11.7 Å². The second-order valence-corrected chi connectivity index (χ2v) is 3.71. The van der Waals surface area contributed by atoms with Gasteiger partial charge in [0.2, 0.25) is 10.5 Å². The molecule has 0 heterocycles. The lowest BCUT2D eigenvalue weighted by molar-refractivity contribution is 0.299. The second kappa shape index (κ2) is 10.2. The van der Waals surface area contributed by atoms with Crippen molar-refractivity contribution in [3.8, 4) is 0 Å². The van der Waals surface area contributed by atoms with Gasteiger partial charge in [-0.2, -0.15) is 0 Å². The number of nitrogens with two attached hydrogens (primary N) is 1. The van der Waals surface area contributed by atoms with Gasteiger partial charge in [-0.25, -0.2) is 0 Å². The Morgan fingerprint density at radius 3 is 2.77 bits per heavy atom. The molecule has 0 rings (SSSR count). The molecule has 0 amide bonds. The molecule has 0 aromatic heterocycles. The molecule has 0 aliphatic heterocycles. The third kappa shape index (κ3) is 10.0. The molecule has 13 heavy (non-hydrogen) atoms. The molecule has 0 saturated heterocycles. The monoisotopic (exact) mass is 201 g/mol. The molecule has 3 radical (unpaired) electrons. The summed E-state index contributed by atoms with van der Waals surface area (Å²) in [6.45, 7) is 5.80. The molecule has 0 spiro atoms. The first-order chi connectivity index (χ1) is 6.31. The Balaban J connectivity index is 3.03. The third-order valence-corrected chi connectivity index (χ3v) is 2.29. The van der Waals surface area contributed by atoms with Crippen molar-refractivity contribution in [3.05, 3.63) is 0 Å². The van der Waals surface area contributed by atoms with E-state index in [1.807, 2.05) is 0 Å². The van der Waals surface area contributed by atoms with Crippen molar-refractivity contribution >= 4 is 10.5 Å². The Morgan fingerprint density at radius 2 is 2.15 bits per heavy atom. The van der Waals surface area contributed by atoms with Crippen molar-refractivity contribution in [2.75, 3.05) is 26.2 Å². The van der Waals surface area contributed by atoms with Gasteiger partial charge in [-0.1, -0.05) is 6.92 Å². The maximum absolute atomic E-state index is 5.35. The number of nitrogens with one attached hydrogen (secondary N) is 1. The second-order valence-electron chi connectivity index (χ2n) is 3.42. The molecule has 3 N–H and O–H groups in total. The minimum Gasteiger partial charge on any atom is -0.419 e. The Hall–Kier alpha value is 0.0969. The van der Waals surface area contributed by atoms with Gasteiger partial charge in [0.1, 0.15) is 0 Å². The van der Waals surface area contributed by atoms with Gasteiger partial charge in [-0.3, -0.25) is 0 Å². The van der Waals surface area contributed by atoms with Crippen molar-refractivity contribution in [2.45, 2.75) is 26.2 Å². The summed E-state index contributed by atoms with van der Waals surface area (Å²) in [7, 11) is 3.00. The standard InChI is InChI=1S/C9H21N2OSi/c1-9(4-8-12-13)3-2-6-11-7-5-10/h9,11H,2-8,10H2,1H3. The lowest BCUT2D eigenvalue weighted by Crippen LogP contribution is -2.23. The molecule has 0 aromatic rings. The average Bonchev–Trinajstić information content (AvgIpc) is 2.14. The molecule has 1 atom stereocenters. The van der Waals surface area contributed by atoms with Crippen LogP contribution in [-0.2, 0) is 4.43 Å². The van der Waals surface area contributed by atoms with Gasteiger partial charge >= 0.3 is 0 Å². The highest BCUT2D eigenvalue weighted by atomic mass is 28.2. The zero-order valence-electron chi connectivity index (χ0n) is 8.51. The summed E-state index contributed by atoms with van der Waals surface area (Å²) in [6, 6.07) is 0. The number of rotatable bonds is 9. The largest absolute Gasteiger partial charge is 0.419 e. The molecule has 0 aliphatic carbocycles. The van der Waals surface area contributed by atoms with Crippen LogP contribution in [0.15, 0.2) is 0 Å². The zero-order valence-corrected chi connectivity index (χ0v) is 9.51. The van der Waals surface area contributed by atoms with E-state index in [9.17, 15) is 0 Å². The van der Waals surface area contributed by atoms with Crippen molar-refractivity contribution in [1.29, 1.82) is 0 Å². The topological polar surface area (TPSA) is 47.3 Å². The van der Waals surface area contributed by atoms with Crippen LogP contribution in [0.5, 0.6) is 0 Å². The molecule has 0 saturated carbocycles. The zero-order chi connectivity index (χ0) is 9.94. The minimum atomic E-state index is 0.729. The molecular formula is C9H21N2OSi. The minimum absolute atomic E-state index is 0.729. The van der Waals surface area contributed by atoms with E-state index in [1.54, 1.807) is 0 Å². The van der Waals surface area contributed by atoms with E-state index in [-0.39, 0.29) is 0 Å². The van der Waals surface area contributed by atoms with Crippen LogP contribution >= 0.6 is 0 Å². The van der Waals surface area contributed by atoms with E-state index >= 15 is 0 Å². The Morgan fingerprint density at radius 1 is 1.38 bits per heavy atom. The molecule has 3 nitrogen and oxygen atoms in total. The quantitative estimate of drug-likeness (QED) is 0.420. The van der Waals surface area contributed by atoms with Gasteiger partial charge in [-0.05, 0) is 31.7 Å². The van der Waals surface area contributed by atoms with Crippen molar-refractivity contribution in [3.63, 3.8) is 0 Å². The summed E-state index contributed by atoms with van der Waals surface area (Å²) in [5, 5.41) is 3.28. The molecule has 4 heteroatoms. The van der Waals surface area contributed by atoms with Crippen LogP contribution in [0.3, 0.4) is 0 Å². The Labute approximate surface area is 85.0 Å². The summed E-state index contributed by atoms with van der Waals surface area (Å²) in [6.07, 6.45) is 3.61. The molecule has 0 aromatic carbocycles. The normalized spacial score (nSPS) is 13.2. The van der Waals surface area contributed by atoms with Crippen LogP contribution in [0.2, 0.25) is 0 Å². The van der Waals surface area contributed by atoms with Crippen LogP contribution in [0.25, 0.3) is 0 Å². The fraction of sp³-hybridized carbons (Fsp3) is 1.00. The fourth-order valence-electron chi connectivity index (χ4n) is 1.21. The Bertz CT molecular complexity index is 104. The lowest BCUT2D eigenvalue weighted by atomic mass is 10.0. The van der Waals surface area contributed by atoms with Crippen molar-refractivity contribution < 1.29 is 4.43 Å². The van der Waals surface area contributed by atoms with Crippen LogP contribution in [0, 0.1) is 5.92 Å². The summed E-state index contributed by atoms with van der Waals surface area (Å²) in [5.41, 5.74) is 5.35. The molecule has 0 aliphatic rings. The van der Waals surface area contributed by atoms with E-state index in [0.717, 1.165) is 38.6 Å². The van der Waals surface area contributed by atoms with E-state index in [2.05, 4.69) is 22.7 Å². The fourth-order valence-corrected chi connectivity index (χ4v) is 1.32. The molecule has 0 fully saturated rings. The predicted molar refractivity (Wildman–Crippen MR) is 56.6 cm³/mol. The first-order valence-corrected chi connectivity index (χ1v) is 5.41. The van der Waals surface area contributed by atoms with Crippen molar-refractivity contribution in [1.82, 2.24) is 5.32 Å². The van der Waals surface area contributed by atoms with Crippen LogP contribution in [-0.4, -0.2) is 36.7 Å². The third-order valence-electron chi connectivity index (χ3n) is 2.08. The molecule has 0 bridgehead atoms. The SMILES string of the molecule is CC(CCCNCCN)CCO[Si]. The van der Waals surface area contributed by atoms with Gasteiger partial charge in [0.25, 0.3) is 0 Å². The van der Waals surface area contributed by atoms with Crippen LogP contribution < -0.4 is 11.1 Å². The average molecular weight is 201 g/mol. The summed E-state index contributed by atoms with van der Waals surface area (Å²) >= 11 is 0. The summed E-state index contributed by atoms with van der Waals surface area (Å²) in [5.74, 6) is 0.746. The van der Waals surface area contributed by atoms with Gasteiger partial charge in [0.05, 0.1) is 0 Å². The Kier molecular flexibility index (Phi) is 10.3. The highest BCUT2D eigenvalue weighted by Gasteiger charge is 2.00. The van der Waals surface area contributed by atoms with Crippen LogP contribution in [0.4, 0.5) is 0 Å². The van der Waals surface area contributed by atoms with Gasteiger partial charge in [0, 0.05) is 19.7 Å². The molecular weight excluding hydrogens is 180 g/mol. The predicted octanol–water partition coefficient (Wildman–Crippen LogP) is 0.441. The first kappa shape index (κ1) is 13.1.